The van der Waals surface area contributed by atoms with E-state index in [-0.39, 0.29) is 0 Å². The van der Waals surface area contributed by atoms with Gasteiger partial charge in [-0.25, -0.2) is 9.97 Å². The van der Waals surface area contributed by atoms with Gasteiger partial charge in [-0.15, -0.1) is 0 Å². The van der Waals surface area contributed by atoms with Crippen molar-refractivity contribution >= 4 is 16.6 Å². The van der Waals surface area contributed by atoms with Crippen molar-refractivity contribution in [3.63, 3.8) is 0 Å². The summed E-state index contributed by atoms with van der Waals surface area (Å²) in [6.07, 6.45) is 1.48. The Kier molecular flexibility index (Phi) is 5.42. The summed E-state index contributed by atoms with van der Waals surface area (Å²) in [7, 11) is 3.48. The van der Waals surface area contributed by atoms with Crippen LogP contribution in [0.15, 0.2) is 73.1 Å². The first-order valence-corrected chi connectivity index (χ1v) is 9.22. The number of ether oxygens (including phenoxy) is 3. The fraction of sp³-hybridized carbons (Fsp3) is 0.130. The van der Waals surface area contributed by atoms with E-state index in [2.05, 4.69) is 15.3 Å². The Labute approximate surface area is 169 Å². The van der Waals surface area contributed by atoms with E-state index in [0.29, 0.717) is 35.3 Å². The number of rotatable bonds is 7. The Morgan fingerprint density at radius 2 is 1.69 bits per heavy atom. The molecule has 4 aromatic rings. The number of nitrogens with zero attached hydrogens (tertiary/aromatic N) is 2. The summed E-state index contributed by atoms with van der Waals surface area (Å²) in [6.45, 7) is 0.439. The van der Waals surface area contributed by atoms with E-state index in [1.54, 1.807) is 7.11 Å². The number of hydrogen-bond donors (Lipinski definition) is 1. The summed E-state index contributed by atoms with van der Waals surface area (Å²) in [4.78, 5) is 8.66. The lowest BCUT2D eigenvalue weighted by molar-refractivity contribution is 0.285. The average Bonchev–Trinajstić information content (AvgIpc) is 2.78. The minimum Gasteiger partial charge on any atom is -0.493 e. The zero-order chi connectivity index (χ0) is 20.1. The van der Waals surface area contributed by atoms with Crippen molar-refractivity contribution in [2.45, 2.75) is 6.61 Å². The fourth-order valence-corrected chi connectivity index (χ4v) is 2.93. The maximum absolute atomic E-state index is 5.98. The van der Waals surface area contributed by atoms with Crippen molar-refractivity contribution in [2.75, 3.05) is 19.5 Å². The Hall–Kier alpha value is -3.80. The van der Waals surface area contributed by atoms with Crippen molar-refractivity contribution in [2.24, 2.45) is 0 Å². The zero-order valence-electron chi connectivity index (χ0n) is 16.3. The summed E-state index contributed by atoms with van der Waals surface area (Å²) >= 11 is 0. The molecule has 146 valence electrons. The molecule has 0 aliphatic heterocycles. The molecule has 29 heavy (non-hydrogen) atoms. The van der Waals surface area contributed by atoms with Crippen LogP contribution in [0.1, 0.15) is 5.56 Å². The van der Waals surface area contributed by atoms with Gasteiger partial charge in [0.2, 0.25) is 5.88 Å². The summed E-state index contributed by atoms with van der Waals surface area (Å²) in [5, 5.41) is 3.83. The van der Waals surface area contributed by atoms with Crippen LogP contribution in [0.5, 0.6) is 23.1 Å². The largest absolute Gasteiger partial charge is 0.493 e. The van der Waals surface area contributed by atoms with Crippen molar-refractivity contribution in [1.82, 2.24) is 9.97 Å². The maximum Gasteiger partial charge on any atom is 0.230 e. The van der Waals surface area contributed by atoms with Gasteiger partial charge < -0.3 is 19.5 Å². The van der Waals surface area contributed by atoms with E-state index in [1.807, 2.05) is 73.8 Å². The van der Waals surface area contributed by atoms with Gasteiger partial charge in [0.25, 0.3) is 0 Å². The molecule has 0 amide bonds. The highest BCUT2D eigenvalue weighted by Gasteiger charge is 2.13. The Morgan fingerprint density at radius 3 is 2.41 bits per heavy atom. The third-order valence-corrected chi connectivity index (χ3v) is 4.48. The third kappa shape index (κ3) is 4.21. The molecule has 0 saturated carbocycles. The lowest BCUT2D eigenvalue weighted by atomic mass is 10.2. The van der Waals surface area contributed by atoms with E-state index >= 15 is 0 Å². The minimum atomic E-state index is 0.439. The molecule has 0 atom stereocenters. The molecule has 1 N–H and O–H groups in total. The molecular formula is C23H21N3O3. The standard InChI is InChI=1S/C23H21N3O3/c1-24-17-8-10-18(11-9-17)29-23-19-12-21(27-2)22(13-20(19)25-15-26-23)28-14-16-6-4-3-5-7-16/h3-13,15,24H,14H2,1-2H3. The second-order valence-electron chi connectivity index (χ2n) is 6.35. The number of anilines is 1. The molecule has 4 rings (SSSR count). The summed E-state index contributed by atoms with van der Waals surface area (Å²) < 4.78 is 17.5. The van der Waals surface area contributed by atoms with Crippen molar-refractivity contribution in [1.29, 1.82) is 0 Å². The molecule has 6 nitrogen and oxygen atoms in total. The summed E-state index contributed by atoms with van der Waals surface area (Å²) in [5.74, 6) is 2.36. The van der Waals surface area contributed by atoms with E-state index in [1.165, 1.54) is 6.33 Å². The van der Waals surface area contributed by atoms with Crippen LogP contribution >= 0.6 is 0 Å². The molecule has 0 aliphatic carbocycles. The molecule has 3 aromatic carbocycles. The van der Waals surface area contributed by atoms with Crippen LogP contribution in [-0.4, -0.2) is 24.1 Å². The van der Waals surface area contributed by atoms with Gasteiger partial charge in [0.15, 0.2) is 11.5 Å². The molecular weight excluding hydrogens is 366 g/mol. The lowest BCUT2D eigenvalue weighted by Crippen LogP contribution is -1.99. The monoisotopic (exact) mass is 387 g/mol. The molecule has 0 fully saturated rings. The molecule has 0 aliphatic rings. The fourth-order valence-electron chi connectivity index (χ4n) is 2.93. The van der Waals surface area contributed by atoms with Crippen LogP contribution in [0, 0.1) is 0 Å². The van der Waals surface area contributed by atoms with Gasteiger partial charge in [-0.05, 0) is 35.9 Å². The molecule has 0 unspecified atom stereocenters. The van der Waals surface area contributed by atoms with E-state index in [4.69, 9.17) is 14.2 Å². The topological polar surface area (TPSA) is 65.5 Å². The van der Waals surface area contributed by atoms with Crippen LogP contribution in [0.25, 0.3) is 10.9 Å². The van der Waals surface area contributed by atoms with E-state index < -0.39 is 0 Å². The SMILES string of the molecule is CNc1ccc(Oc2ncnc3cc(OCc4ccccc4)c(OC)cc23)cc1. The quantitative estimate of drug-likeness (QED) is 0.479. The smallest absolute Gasteiger partial charge is 0.230 e. The normalized spacial score (nSPS) is 10.6. The predicted octanol–water partition coefficient (Wildman–Crippen LogP) is 5.05. The molecule has 0 spiro atoms. The van der Waals surface area contributed by atoms with Gasteiger partial charge in [0, 0.05) is 18.8 Å². The number of aromatic nitrogens is 2. The third-order valence-electron chi connectivity index (χ3n) is 4.48. The van der Waals surface area contributed by atoms with Gasteiger partial charge in [-0.3, -0.25) is 0 Å². The number of hydrogen-bond acceptors (Lipinski definition) is 6. The van der Waals surface area contributed by atoms with E-state index in [0.717, 1.165) is 16.6 Å². The van der Waals surface area contributed by atoms with Crippen molar-refractivity contribution < 1.29 is 14.2 Å². The molecule has 0 saturated heterocycles. The Bertz CT molecular complexity index is 1100. The lowest BCUT2D eigenvalue weighted by Gasteiger charge is -2.13. The van der Waals surface area contributed by atoms with Crippen molar-refractivity contribution in [3.05, 3.63) is 78.6 Å². The predicted molar refractivity (Wildman–Crippen MR) is 113 cm³/mol. The molecule has 0 bridgehead atoms. The van der Waals surface area contributed by atoms with Gasteiger partial charge in [0.1, 0.15) is 18.7 Å². The minimum absolute atomic E-state index is 0.439. The molecule has 0 radical (unpaired) electrons. The summed E-state index contributed by atoms with van der Waals surface area (Å²) in [6, 6.07) is 21.3. The van der Waals surface area contributed by atoms with Gasteiger partial charge in [-0.1, -0.05) is 30.3 Å². The van der Waals surface area contributed by atoms with E-state index in [9.17, 15) is 0 Å². The van der Waals surface area contributed by atoms with Crippen LogP contribution in [0.4, 0.5) is 5.69 Å². The van der Waals surface area contributed by atoms with Crippen LogP contribution in [0.2, 0.25) is 0 Å². The first kappa shape index (κ1) is 18.6. The van der Waals surface area contributed by atoms with Crippen LogP contribution < -0.4 is 19.5 Å². The van der Waals surface area contributed by atoms with Crippen LogP contribution in [0.3, 0.4) is 0 Å². The highest BCUT2D eigenvalue weighted by Crippen LogP contribution is 2.36. The molecule has 6 heteroatoms. The van der Waals surface area contributed by atoms with Crippen molar-refractivity contribution in [3.8, 4) is 23.1 Å². The van der Waals surface area contributed by atoms with Gasteiger partial charge in [-0.2, -0.15) is 0 Å². The number of benzene rings is 3. The number of nitrogens with one attached hydrogen (secondary N) is 1. The number of fused-ring (bicyclic) bond motifs is 1. The first-order chi connectivity index (χ1) is 14.3. The first-order valence-electron chi connectivity index (χ1n) is 9.22. The highest BCUT2D eigenvalue weighted by molar-refractivity contribution is 5.87. The second kappa shape index (κ2) is 8.48. The maximum atomic E-state index is 5.98. The average molecular weight is 387 g/mol. The summed E-state index contributed by atoms with van der Waals surface area (Å²) in [5.41, 5.74) is 2.80. The van der Waals surface area contributed by atoms with Crippen LogP contribution in [-0.2, 0) is 6.61 Å². The van der Waals surface area contributed by atoms with Gasteiger partial charge >= 0.3 is 0 Å². The Morgan fingerprint density at radius 1 is 0.897 bits per heavy atom. The number of methoxy groups -OCH3 is 1. The zero-order valence-corrected chi connectivity index (χ0v) is 16.3. The molecule has 1 aromatic heterocycles. The van der Waals surface area contributed by atoms with Gasteiger partial charge in [0.05, 0.1) is 18.0 Å². The molecule has 1 heterocycles. The Balaban J connectivity index is 1.63. The second-order valence-corrected chi connectivity index (χ2v) is 6.35. The highest BCUT2D eigenvalue weighted by atomic mass is 16.5.